The number of alkyl halides is 3. The van der Waals surface area contributed by atoms with Crippen LogP contribution in [0.3, 0.4) is 0 Å². The van der Waals surface area contributed by atoms with E-state index in [0.29, 0.717) is 16.5 Å². The molecule has 0 atom stereocenters. The van der Waals surface area contributed by atoms with E-state index in [-0.39, 0.29) is 0 Å². The lowest BCUT2D eigenvalue weighted by molar-refractivity contribution is -0.137. The molecular formula is C16H10ClF3N2. The number of anilines is 2. The van der Waals surface area contributed by atoms with Gasteiger partial charge in [0, 0.05) is 22.3 Å². The Balaban J connectivity index is 1.88. The molecule has 0 unspecified atom stereocenters. The summed E-state index contributed by atoms with van der Waals surface area (Å²) in [6.07, 6.45) is -3.58. The van der Waals surface area contributed by atoms with Crippen LogP contribution in [0.25, 0.3) is 10.8 Å². The quantitative estimate of drug-likeness (QED) is 0.659. The van der Waals surface area contributed by atoms with Crippen molar-refractivity contribution in [3.8, 4) is 0 Å². The molecule has 0 saturated heterocycles. The van der Waals surface area contributed by atoms with Crippen LogP contribution in [0, 0.1) is 0 Å². The molecule has 1 N–H and O–H groups in total. The van der Waals surface area contributed by atoms with Gasteiger partial charge >= 0.3 is 6.18 Å². The van der Waals surface area contributed by atoms with E-state index >= 15 is 0 Å². The number of halogens is 4. The molecular weight excluding hydrogens is 313 g/mol. The number of aromatic nitrogens is 1. The smallest absolute Gasteiger partial charge is 0.340 e. The molecule has 3 rings (SSSR count). The van der Waals surface area contributed by atoms with Crippen LogP contribution in [0.4, 0.5) is 24.7 Å². The Morgan fingerprint density at radius 1 is 1.00 bits per heavy atom. The van der Waals surface area contributed by atoms with E-state index in [9.17, 15) is 13.2 Å². The lowest BCUT2D eigenvalue weighted by Crippen LogP contribution is -2.05. The van der Waals surface area contributed by atoms with Gasteiger partial charge in [-0.2, -0.15) is 13.2 Å². The predicted molar refractivity (Wildman–Crippen MR) is 81.5 cm³/mol. The van der Waals surface area contributed by atoms with E-state index in [0.717, 1.165) is 23.0 Å². The Morgan fingerprint density at radius 2 is 1.82 bits per heavy atom. The van der Waals surface area contributed by atoms with Crippen LogP contribution in [0.5, 0.6) is 0 Å². The van der Waals surface area contributed by atoms with Gasteiger partial charge in [0.1, 0.15) is 5.82 Å². The molecule has 0 aliphatic rings. The Morgan fingerprint density at radius 3 is 2.50 bits per heavy atom. The number of nitrogens with one attached hydrogen (secondary N) is 1. The Kier molecular flexibility index (Phi) is 3.66. The molecule has 0 aliphatic carbocycles. The van der Waals surface area contributed by atoms with Crippen molar-refractivity contribution in [2.24, 2.45) is 0 Å². The molecule has 2 nitrogen and oxygen atoms in total. The molecule has 0 saturated carbocycles. The highest BCUT2D eigenvalue weighted by Gasteiger charge is 2.30. The summed E-state index contributed by atoms with van der Waals surface area (Å²) in [7, 11) is 0. The number of fused-ring (bicyclic) bond motifs is 1. The van der Waals surface area contributed by atoms with Crippen molar-refractivity contribution < 1.29 is 13.2 Å². The fraction of sp³-hybridized carbons (Fsp3) is 0.0625. The van der Waals surface area contributed by atoms with Crippen molar-refractivity contribution >= 4 is 33.9 Å². The summed E-state index contributed by atoms with van der Waals surface area (Å²) in [5, 5.41) is 5.42. The van der Waals surface area contributed by atoms with Gasteiger partial charge in [0.05, 0.1) is 5.56 Å². The minimum absolute atomic E-state index is 0.333. The van der Waals surface area contributed by atoms with Crippen LogP contribution >= 0.6 is 11.6 Å². The largest absolute Gasteiger partial charge is 0.417 e. The van der Waals surface area contributed by atoms with Gasteiger partial charge in [0.25, 0.3) is 0 Å². The molecule has 0 aliphatic heterocycles. The SMILES string of the molecule is FC(F)(F)c1ccc(Nc2ccc3cccc(Cl)c3c2)nc1. The summed E-state index contributed by atoms with van der Waals surface area (Å²) < 4.78 is 37.5. The first-order valence-corrected chi connectivity index (χ1v) is 6.80. The predicted octanol–water partition coefficient (Wildman–Crippen LogP) is 5.65. The molecule has 6 heteroatoms. The van der Waals surface area contributed by atoms with E-state index in [2.05, 4.69) is 10.3 Å². The van der Waals surface area contributed by atoms with Gasteiger partial charge in [-0.05, 0) is 35.7 Å². The summed E-state index contributed by atoms with van der Waals surface area (Å²) in [6, 6.07) is 13.4. The standard InChI is InChI=1S/C16H10ClF3N2/c17-14-3-1-2-10-4-6-12(8-13(10)14)22-15-7-5-11(9-21-15)16(18,19)20/h1-9H,(H,21,22). The zero-order valence-electron chi connectivity index (χ0n) is 11.2. The zero-order valence-corrected chi connectivity index (χ0v) is 11.9. The fourth-order valence-corrected chi connectivity index (χ4v) is 2.33. The average molecular weight is 323 g/mol. The van der Waals surface area contributed by atoms with Crippen molar-refractivity contribution in [2.45, 2.75) is 6.18 Å². The molecule has 1 heterocycles. The Bertz CT molecular complexity index is 814. The highest BCUT2D eigenvalue weighted by molar-refractivity contribution is 6.35. The average Bonchev–Trinajstić information content (AvgIpc) is 2.48. The minimum atomic E-state index is -4.39. The fourth-order valence-electron chi connectivity index (χ4n) is 2.10. The number of rotatable bonds is 2. The Labute approximate surface area is 129 Å². The van der Waals surface area contributed by atoms with Gasteiger partial charge < -0.3 is 5.32 Å². The maximum atomic E-state index is 12.5. The molecule has 0 bridgehead atoms. The maximum absolute atomic E-state index is 12.5. The molecule has 0 spiro atoms. The highest BCUT2D eigenvalue weighted by Crippen LogP contribution is 2.30. The third-order valence-electron chi connectivity index (χ3n) is 3.19. The first-order valence-electron chi connectivity index (χ1n) is 6.42. The normalized spacial score (nSPS) is 11.6. The van der Waals surface area contributed by atoms with Crippen LogP contribution in [0.15, 0.2) is 54.7 Å². The summed E-state index contributed by atoms with van der Waals surface area (Å²) in [6.45, 7) is 0. The van der Waals surface area contributed by atoms with Crippen LogP contribution in [0.1, 0.15) is 5.56 Å². The molecule has 22 heavy (non-hydrogen) atoms. The van der Waals surface area contributed by atoms with Gasteiger partial charge in [-0.1, -0.05) is 29.8 Å². The van der Waals surface area contributed by atoms with Crippen LogP contribution in [-0.4, -0.2) is 4.98 Å². The number of nitrogens with zero attached hydrogens (tertiary/aromatic N) is 1. The second-order valence-electron chi connectivity index (χ2n) is 4.73. The summed E-state index contributed by atoms with van der Waals surface area (Å²) in [4.78, 5) is 3.78. The van der Waals surface area contributed by atoms with Gasteiger partial charge in [-0.3, -0.25) is 0 Å². The van der Waals surface area contributed by atoms with Gasteiger partial charge in [-0.25, -0.2) is 4.98 Å². The van der Waals surface area contributed by atoms with E-state index in [1.165, 1.54) is 6.07 Å². The summed E-state index contributed by atoms with van der Waals surface area (Å²) >= 11 is 6.13. The van der Waals surface area contributed by atoms with Crippen molar-refractivity contribution in [1.82, 2.24) is 4.98 Å². The lowest BCUT2D eigenvalue weighted by Gasteiger charge is -2.09. The monoisotopic (exact) mass is 322 g/mol. The summed E-state index contributed by atoms with van der Waals surface area (Å²) in [5.41, 5.74) is -0.0764. The van der Waals surface area contributed by atoms with E-state index < -0.39 is 11.7 Å². The molecule has 1 aromatic heterocycles. The molecule has 0 radical (unpaired) electrons. The van der Waals surface area contributed by atoms with Crippen molar-refractivity contribution in [2.75, 3.05) is 5.32 Å². The third-order valence-corrected chi connectivity index (χ3v) is 3.52. The van der Waals surface area contributed by atoms with Crippen LogP contribution in [0.2, 0.25) is 5.02 Å². The van der Waals surface area contributed by atoms with Crippen molar-refractivity contribution in [3.63, 3.8) is 0 Å². The number of benzene rings is 2. The second kappa shape index (κ2) is 5.50. The van der Waals surface area contributed by atoms with E-state index in [4.69, 9.17) is 11.6 Å². The maximum Gasteiger partial charge on any atom is 0.417 e. The molecule has 112 valence electrons. The lowest BCUT2D eigenvalue weighted by atomic mass is 10.1. The number of hydrogen-bond donors (Lipinski definition) is 1. The summed E-state index contributed by atoms with van der Waals surface area (Å²) in [5.74, 6) is 0.333. The Hall–Kier alpha value is -2.27. The molecule has 0 fully saturated rings. The van der Waals surface area contributed by atoms with Crippen molar-refractivity contribution in [3.05, 3.63) is 65.3 Å². The van der Waals surface area contributed by atoms with Gasteiger partial charge in [0.15, 0.2) is 0 Å². The highest BCUT2D eigenvalue weighted by atomic mass is 35.5. The van der Waals surface area contributed by atoms with Crippen LogP contribution < -0.4 is 5.32 Å². The van der Waals surface area contributed by atoms with Gasteiger partial charge in [-0.15, -0.1) is 0 Å². The molecule has 0 amide bonds. The third kappa shape index (κ3) is 2.99. The van der Waals surface area contributed by atoms with Gasteiger partial charge in [0.2, 0.25) is 0 Å². The number of hydrogen-bond acceptors (Lipinski definition) is 2. The molecule has 2 aromatic carbocycles. The van der Waals surface area contributed by atoms with Crippen molar-refractivity contribution in [1.29, 1.82) is 0 Å². The van der Waals surface area contributed by atoms with E-state index in [1.54, 1.807) is 6.07 Å². The van der Waals surface area contributed by atoms with E-state index in [1.807, 2.05) is 30.3 Å². The second-order valence-corrected chi connectivity index (χ2v) is 5.14. The minimum Gasteiger partial charge on any atom is -0.340 e. The first kappa shape index (κ1) is 14.7. The first-order chi connectivity index (χ1) is 10.4. The topological polar surface area (TPSA) is 24.9 Å². The number of pyridine rings is 1. The van der Waals surface area contributed by atoms with Crippen LogP contribution in [-0.2, 0) is 6.18 Å². The zero-order chi connectivity index (χ0) is 15.7. The molecule has 3 aromatic rings.